The van der Waals surface area contributed by atoms with Crippen LogP contribution >= 0.6 is 11.6 Å². The van der Waals surface area contributed by atoms with Gasteiger partial charge in [-0.1, -0.05) is 23.7 Å². The number of carbonyl (C=O) groups is 1. The monoisotopic (exact) mass is 246 g/mol. The van der Waals surface area contributed by atoms with Crippen molar-refractivity contribution in [3.8, 4) is 0 Å². The lowest BCUT2D eigenvalue weighted by Gasteiger charge is -2.04. The number of aromatic nitrogens is 1. The van der Waals surface area contributed by atoms with Crippen molar-refractivity contribution in [3.05, 3.63) is 58.9 Å². The second-order valence-corrected chi connectivity index (χ2v) is 4.07. The second-order valence-electron chi connectivity index (χ2n) is 3.67. The Morgan fingerprint density at radius 3 is 2.76 bits per heavy atom. The van der Waals surface area contributed by atoms with Gasteiger partial charge in [-0.15, -0.1) is 0 Å². The smallest absolute Gasteiger partial charge is 0.185 e. The van der Waals surface area contributed by atoms with Gasteiger partial charge in [-0.2, -0.15) is 0 Å². The second kappa shape index (κ2) is 4.97. The number of anilines is 1. The molecule has 3 nitrogen and oxygen atoms in total. The van der Waals surface area contributed by atoms with E-state index < -0.39 is 0 Å². The van der Waals surface area contributed by atoms with Gasteiger partial charge in [0.2, 0.25) is 0 Å². The van der Waals surface area contributed by atoms with Crippen LogP contribution in [0.2, 0.25) is 5.02 Å². The fourth-order valence-corrected chi connectivity index (χ4v) is 1.75. The van der Waals surface area contributed by atoms with Crippen molar-refractivity contribution in [2.24, 2.45) is 0 Å². The first-order valence-corrected chi connectivity index (χ1v) is 5.53. The topological polar surface area (TPSA) is 56.0 Å². The minimum absolute atomic E-state index is 0.0581. The molecule has 0 aliphatic carbocycles. The summed E-state index contributed by atoms with van der Waals surface area (Å²) in [5.41, 5.74) is 7.38. The zero-order chi connectivity index (χ0) is 12.3. The quantitative estimate of drug-likeness (QED) is 0.669. The fourth-order valence-electron chi connectivity index (χ4n) is 1.50. The summed E-state index contributed by atoms with van der Waals surface area (Å²) in [7, 11) is 0. The first-order chi connectivity index (χ1) is 8.16. The molecule has 2 aromatic rings. The first-order valence-electron chi connectivity index (χ1n) is 5.15. The average molecular weight is 247 g/mol. The van der Waals surface area contributed by atoms with Gasteiger partial charge in [0.25, 0.3) is 0 Å². The van der Waals surface area contributed by atoms with Crippen LogP contribution in [-0.2, 0) is 6.42 Å². The number of nitrogens with zero attached hydrogens (tertiary/aromatic N) is 1. The zero-order valence-corrected chi connectivity index (χ0v) is 9.82. The Bertz CT molecular complexity index is 540. The van der Waals surface area contributed by atoms with Crippen LogP contribution in [-0.4, -0.2) is 10.8 Å². The maximum absolute atomic E-state index is 11.9. The molecule has 1 aromatic carbocycles. The van der Waals surface area contributed by atoms with Crippen LogP contribution in [0.4, 0.5) is 5.69 Å². The van der Waals surface area contributed by atoms with Gasteiger partial charge in [0.05, 0.1) is 0 Å². The molecule has 2 rings (SSSR count). The summed E-state index contributed by atoms with van der Waals surface area (Å²) in [5, 5.41) is 0.509. The number of Topliss-reactive ketones (excluding diaryl/α,β-unsaturated/α-hetero) is 1. The van der Waals surface area contributed by atoms with Crippen LogP contribution in [0.5, 0.6) is 0 Å². The standard InChI is InChI=1S/C13H11ClN2O/c14-11-8-10(15)5-4-9(11)7-13(17)12-3-1-2-6-16-12/h1-6,8H,7,15H2. The van der Waals surface area contributed by atoms with E-state index >= 15 is 0 Å². The number of ketones is 1. The summed E-state index contributed by atoms with van der Waals surface area (Å²) >= 11 is 6.01. The Hall–Kier alpha value is -1.87. The highest BCUT2D eigenvalue weighted by molar-refractivity contribution is 6.31. The van der Waals surface area contributed by atoms with E-state index in [9.17, 15) is 4.79 Å². The van der Waals surface area contributed by atoms with E-state index in [2.05, 4.69) is 4.98 Å². The van der Waals surface area contributed by atoms with Crippen molar-refractivity contribution in [2.45, 2.75) is 6.42 Å². The summed E-state index contributed by atoms with van der Waals surface area (Å²) < 4.78 is 0. The minimum Gasteiger partial charge on any atom is -0.399 e. The molecule has 0 saturated heterocycles. The van der Waals surface area contributed by atoms with E-state index in [1.165, 1.54) is 0 Å². The average Bonchev–Trinajstić information content (AvgIpc) is 2.34. The lowest BCUT2D eigenvalue weighted by molar-refractivity contribution is 0.0988. The molecule has 1 aromatic heterocycles. The Labute approximate surface area is 104 Å². The molecule has 0 unspecified atom stereocenters. The third kappa shape index (κ3) is 2.82. The number of halogens is 1. The Morgan fingerprint density at radius 2 is 2.12 bits per heavy atom. The van der Waals surface area contributed by atoms with Gasteiger partial charge in [0.15, 0.2) is 5.78 Å². The summed E-state index contributed by atoms with van der Waals surface area (Å²) in [6.07, 6.45) is 1.83. The molecule has 0 aliphatic rings. The van der Waals surface area contributed by atoms with Gasteiger partial charge in [-0.25, -0.2) is 0 Å². The fraction of sp³-hybridized carbons (Fsp3) is 0.0769. The summed E-state index contributed by atoms with van der Waals surface area (Å²) in [5.74, 6) is -0.0581. The number of benzene rings is 1. The summed E-state index contributed by atoms with van der Waals surface area (Å²) in [4.78, 5) is 15.9. The van der Waals surface area contributed by atoms with Crippen LogP contribution in [0, 0.1) is 0 Å². The molecule has 0 atom stereocenters. The molecule has 2 N–H and O–H groups in total. The van der Waals surface area contributed by atoms with Crippen LogP contribution in [0.1, 0.15) is 16.1 Å². The highest BCUT2D eigenvalue weighted by Gasteiger charge is 2.10. The van der Waals surface area contributed by atoms with E-state index in [0.29, 0.717) is 16.4 Å². The molecule has 0 saturated carbocycles. The Kier molecular flexibility index (Phi) is 3.40. The van der Waals surface area contributed by atoms with Gasteiger partial charge >= 0.3 is 0 Å². The lowest BCUT2D eigenvalue weighted by atomic mass is 10.1. The van der Waals surface area contributed by atoms with E-state index in [1.54, 1.807) is 42.6 Å². The first kappa shape index (κ1) is 11.6. The van der Waals surface area contributed by atoms with E-state index in [0.717, 1.165) is 5.56 Å². The molecule has 17 heavy (non-hydrogen) atoms. The number of hydrogen-bond donors (Lipinski definition) is 1. The highest BCUT2D eigenvalue weighted by Crippen LogP contribution is 2.20. The Balaban J connectivity index is 2.19. The van der Waals surface area contributed by atoms with E-state index in [-0.39, 0.29) is 12.2 Å². The number of nitrogens with two attached hydrogens (primary N) is 1. The zero-order valence-electron chi connectivity index (χ0n) is 9.06. The third-order valence-corrected chi connectivity index (χ3v) is 2.73. The minimum atomic E-state index is -0.0581. The van der Waals surface area contributed by atoms with E-state index in [4.69, 9.17) is 17.3 Å². The normalized spacial score (nSPS) is 10.2. The Morgan fingerprint density at radius 1 is 1.29 bits per heavy atom. The number of nitrogen functional groups attached to an aromatic ring is 1. The van der Waals surface area contributed by atoms with Crippen LogP contribution in [0.25, 0.3) is 0 Å². The SMILES string of the molecule is Nc1ccc(CC(=O)c2ccccn2)c(Cl)c1. The molecular weight excluding hydrogens is 236 g/mol. The van der Waals surface area contributed by atoms with Crippen LogP contribution < -0.4 is 5.73 Å². The molecule has 0 amide bonds. The van der Waals surface area contributed by atoms with Crippen molar-refractivity contribution in [3.63, 3.8) is 0 Å². The predicted molar refractivity (Wildman–Crippen MR) is 68.1 cm³/mol. The number of hydrogen-bond acceptors (Lipinski definition) is 3. The molecule has 86 valence electrons. The highest BCUT2D eigenvalue weighted by atomic mass is 35.5. The molecule has 0 spiro atoms. The largest absolute Gasteiger partial charge is 0.399 e. The number of pyridine rings is 1. The number of rotatable bonds is 3. The van der Waals surface area contributed by atoms with Gasteiger partial charge in [0, 0.05) is 23.3 Å². The predicted octanol–water partition coefficient (Wildman–Crippen LogP) is 2.74. The van der Waals surface area contributed by atoms with Crippen molar-refractivity contribution in [1.82, 2.24) is 4.98 Å². The van der Waals surface area contributed by atoms with Crippen molar-refractivity contribution < 1.29 is 4.79 Å². The molecule has 0 fully saturated rings. The van der Waals surface area contributed by atoms with Gasteiger partial charge in [-0.3, -0.25) is 9.78 Å². The van der Waals surface area contributed by atoms with Gasteiger partial charge in [-0.05, 0) is 29.8 Å². The third-order valence-electron chi connectivity index (χ3n) is 2.38. The molecule has 0 bridgehead atoms. The molecule has 0 aliphatic heterocycles. The molecule has 1 heterocycles. The van der Waals surface area contributed by atoms with Gasteiger partial charge in [0.1, 0.15) is 5.69 Å². The molecular formula is C13H11ClN2O. The van der Waals surface area contributed by atoms with E-state index in [1.807, 2.05) is 0 Å². The summed E-state index contributed by atoms with van der Waals surface area (Å²) in [6, 6.07) is 10.4. The van der Waals surface area contributed by atoms with Crippen molar-refractivity contribution in [1.29, 1.82) is 0 Å². The lowest BCUT2D eigenvalue weighted by Crippen LogP contribution is -2.06. The molecule has 4 heteroatoms. The number of carbonyl (C=O) groups excluding carboxylic acids is 1. The van der Waals surface area contributed by atoms with Crippen molar-refractivity contribution >= 4 is 23.1 Å². The van der Waals surface area contributed by atoms with Crippen LogP contribution in [0.3, 0.4) is 0 Å². The maximum atomic E-state index is 11.9. The van der Waals surface area contributed by atoms with Crippen LogP contribution in [0.15, 0.2) is 42.6 Å². The van der Waals surface area contributed by atoms with Crippen molar-refractivity contribution in [2.75, 3.05) is 5.73 Å². The van der Waals surface area contributed by atoms with Gasteiger partial charge < -0.3 is 5.73 Å². The molecule has 0 radical (unpaired) electrons. The summed E-state index contributed by atoms with van der Waals surface area (Å²) in [6.45, 7) is 0. The maximum Gasteiger partial charge on any atom is 0.185 e.